The van der Waals surface area contributed by atoms with Gasteiger partial charge in [0, 0.05) is 58.1 Å². The summed E-state index contributed by atoms with van der Waals surface area (Å²) in [5.74, 6) is -1.27. The van der Waals surface area contributed by atoms with Crippen LogP contribution in [0.1, 0.15) is 17.3 Å². The molecule has 1 fully saturated rings. The Morgan fingerprint density at radius 2 is 1.70 bits per heavy atom. The molecular weight excluding hydrogens is 427 g/mol. The fourth-order valence-corrected chi connectivity index (χ4v) is 3.65. The van der Waals surface area contributed by atoms with Crippen molar-refractivity contribution >= 4 is 29.1 Å². The molecule has 0 bridgehead atoms. The Labute approximate surface area is 192 Å². The monoisotopic (exact) mass is 456 g/mol. The smallest absolute Gasteiger partial charge is 0.256 e. The molecule has 8 nitrogen and oxygen atoms in total. The van der Waals surface area contributed by atoms with E-state index in [0.717, 1.165) is 5.69 Å². The molecule has 1 aliphatic rings. The van der Waals surface area contributed by atoms with Crippen molar-refractivity contribution in [1.82, 2.24) is 9.80 Å². The second-order valence-electron chi connectivity index (χ2n) is 7.79. The molecule has 3 rings (SSSR count). The average molecular weight is 457 g/mol. The maximum absolute atomic E-state index is 13.9. The molecule has 1 saturated heterocycles. The van der Waals surface area contributed by atoms with E-state index in [2.05, 4.69) is 10.2 Å². The molecular formula is C24H29FN4O4. The summed E-state index contributed by atoms with van der Waals surface area (Å²) in [6, 6.07) is 13.4. The van der Waals surface area contributed by atoms with E-state index in [4.69, 9.17) is 4.74 Å². The van der Waals surface area contributed by atoms with Gasteiger partial charge in [0.25, 0.3) is 5.91 Å². The van der Waals surface area contributed by atoms with E-state index >= 15 is 0 Å². The fraction of sp³-hybridized carbons (Fsp3) is 0.375. The molecule has 9 heteroatoms. The van der Waals surface area contributed by atoms with Crippen molar-refractivity contribution in [3.05, 3.63) is 59.9 Å². The number of halogens is 1. The zero-order valence-corrected chi connectivity index (χ0v) is 18.9. The average Bonchev–Trinajstić information content (AvgIpc) is 2.82. The Kier molecular flexibility index (Phi) is 8.37. The molecule has 2 aromatic rings. The Balaban J connectivity index is 1.51. The van der Waals surface area contributed by atoms with Gasteiger partial charge in [-0.3, -0.25) is 14.4 Å². The van der Waals surface area contributed by atoms with Crippen LogP contribution in [-0.4, -0.2) is 80.5 Å². The van der Waals surface area contributed by atoms with E-state index in [1.165, 1.54) is 24.0 Å². The summed E-state index contributed by atoms with van der Waals surface area (Å²) in [6.45, 7) is 4.32. The second-order valence-corrected chi connectivity index (χ2v) is 7.79. The third kappa shape index (κ3) is 6.52. The summed E-state index contributed by atoms with van der Waals surface area (Å²) < 4.78 is 18.9. The Morgan fingerprint density at radius 3 is 2.30 bits per heavy atom. The zero-order valence-electron chi connectivity index (χ0n) is 18.9. The molecule has 2 aromatic carbocycles. The van der Waals surface area contributed by atoms with Crippen molar-refractivity contribution in [2.75, 3.05) is 63.2 Å². The highest BCUT2D eigenvalue weighted by Gasteiger charge is 2.24. The lowest BCUT2D eigenvalue weighted by Gasteiger charge is -2.36. The van der Waals surface area contributed by atoms with Gasteiger partial charge in [0.2, 0.25) is 11.8 Å². The molecule has 0 atom stereocenters. The molecule has 1 aliphatic heterocycles. The number of hydrogen-bond donors (Lipinski definition) is 1. The van der Waals surface area contributed by atoms with Gasteiger partial charge >= 0.3 is 0 Å². The summed E-state index contributed by atoms with van der Waals surface area (Å²) >= 11 is 0. The first kappa shape index (κ1) is 24.2. The molecule has 176 valence electrons. The number of piperazine rings is 1. The van der Waals surface area contributed by atoms with E-state index in [1.807, 2.05) is 12.1 Å². The van der Waals surface area contributed by atoms with Gasteiger partial charge < -0.3 is 24.8 Å². The minimum absolute atomic E-state index is 0.0432. The molecule has 33 heavy (non-hydrogen) atoms. The van der Waals surface area contributed by atoms with Gasteiger partial charge in [-0.25, -0.2) is 4.39 Å². The third-order valence-electron chi connectivity index (χ3n) is 5.53. The van der Waals surface area contributed by atoms with Gasteiger partial charge in [0.1, 0.15) is 5.82 Å². The first-order valence-corrected chi connectivity index (χ1v) is 10.8. The minimum Gasteiger partial charge on any atom is -0.383 e. The van der Waals surface area contributed by atoms with Crippen molar-refractivity contribution in [1.29, 1.82) is 0 Å². The van der Waals surface area contributed by atoms with Crippen LogP contribution >= 0.6 is 0 Å². The number of methoxy groups -OCH3 is 1. The number of anilines is 2. The van der Waals surface area contributed by atoms with Crippen molar-refractivity contribution in [3.8, 4) is 0 Å². The minimum atomic E-state index is -0.507. The van der Waals surface area contributed by atoms with E-state index in [-0.39, 0.29) is 29.8 Å². The van der Waals surface area contributed by atoms with Gasteiger partial charge in [-0.15, -0.1) is 0 Å². The van der Waals surface area contributed by atoms with E-state index in [1.54, 1.807) is 36.3 Å². The number of amides is 3. The zero-order chi connectivity index (χ0) is 23.8. The topological polar surface area (TPSA) is 82.2 Å². The second kappa shape index (κ2) is 11.4. The Morgan fingerprint density at radius 1 is 1.03 bits per heavy atom. The predicted octanol–water partition coefficient (Wildman–Crippen LogP) is 2.22. The number of benzene rings is 2. The number of nitrogens with zero attached hydrogens (tertiary/aromatic N) is 3. The van der Waals surface area contributed by atoms with Gasteiger partial charge in [-0.05, 0) is 36.4 Å². The number of hydrogen-bond acceptors (Lipinski definition) is 5. The van der Waals surface area contributed by atoms with Crippen LogP contribution in [0.5, 0.6) is 0 Å². The summed E-state index contributed by atoms with van der Waals surface area (Å²) in [4.78, 5) is 41.8. The van der Waals surface area contributed by atoms with Crippen LogP contribution in [0.25, 0.3) is 0 Å². The normalized spacial score (nSPS) is 13.5. The van der Waals surface area contributed by atoms with Crippen molar-refractivity contribution < 1.29 is 23.5 Å². The number of rotatable bonds is 8. The van der Waals surface area contributed by atoms with Gasteiger partial charge in [0.15, 0.2) is 0 Å². The van der Waals surface area contributed by atoms with Crippen LogP contribution in [0.4, 0.5) is 15.8 Å². The maximum atomic E-state index is 13.9. The van der Waals surface area contributed by atoms with Gasteiger partial charge in [-0.1, -0.05) is 12.1 Å². The summed E-state index contributed by atoms with van der Waals surface area (Å²) in [7, 11) is 1.54. The molecule has 0 unspecified atom stereocenters. The lowest BCUT2D eigenvalue weighted by Crippen LogP contribution is -2.49. The van der Waals surface area contributed by atoms with Crippen LogP contribution in [-0.2, 0) is 14.3 Å². The number of ether oxygens (including phenoxy) is 1. The molecule has 3 amide bonds. The summed E-state index contributed by atoms with van der Waals surface area (Å²) in [5.41, 5.74) is 1.69. The van der Waals surface area contributed by atoms with E-state index < -0.39 is 5.82 Å². The van der Waals surface area contributed by atoms with Crippen LogP contribution in [0.2, 0.25) is 0 Å². The SMILES string of the molecule is COCCN(CC(=O)Nc1ccc(N2CCN(C(=O)c3ccccc3F)CC2)cc1)C(C)=O. The van der Waals surface area contributed by atoms with Gasteiger partial charge in [-0.2, -0.15) is 0 Å². The van der Waals surface area contributed by atoms with Crippen molar-refractivity contribution in [2.45, 2.75) is 6.92 Å². The van der Waals surface area contributed by atoms with E-state index in [9.17, 15) is 18.8 Å². The summed E-state index contributed by atoms with van der Waals surface area (Å²) in [5, 5.41) is 2.80. The number of nitrogens with one attached hydrogen (secondary N) is 1. The lowest BCUT2D eigenvalue weighted by atomic mass is 10.1. The van der Waals surface area contributed by atoms with Crippen LogP contribution in [0.15, 0.2) is 48.5 Å². The quantitative estimate of drug-likeness (QED) is 0.659. The number of carbonyl (C=O) groups is 3. The fourth-order valence-electron chi connectivity index (χ4n) is 3.65. The lowest BCUT2D eigenvalue weighted by molar-refractivity contribution is -0.133. The molecule has 1 N–H and O–H groups in total. The highest BCUT2D eigenvalue weighted by atomic mass is 19.1. The highest BCUT2D eigenvalue weighted by molar-refractivity contribution is 5.95. The molecule has 0 spiro atoms. The third-order valence-corrected chi connectivity index (χ3v) is 5.53. The standard InChI is InChI=1S/C24H29FN4O4/c1-18(30)29(15-16-33-2)17-23(31)26-19-7-9-20(10-8-19)27-11-13-28(14-12-27)24(32)21-5-3-4-6-22(21)25/h3-10H,11-17H2,1-2H3,(H,26,31). The van der Waals surface area contributed by atoms with Crippen LogP contribution in [0, 0.1) is 5.82 Å². The first-order chi connectivity index (χ1) is 15.9. The Hall–Kier alpha value is -3.46. The molecule has 1 heterocycles. The molecule has 0 aliphatic carbocycles. The maximum Gasteiger partial charge on any atom is 0.256 e. The number of carbonyl (C=O) groups excluding carboxylic acids is 3. The molecule has 0 aromatic heterocycles. The van der Waals surface area contributed by atoms with Gasteiger partial charge in [0.05, 0.1) is 18.7 Å². The Bertz CT molecular complexity index is 975. The van der Waals surface area contributed by atoms with Crippen molar-refractivity contribution in [2.24, 2.45) is 0 Å². The first-order valence-electron chi connectivity index (χ1n) is 10.8. The molecule has 0 radical (unpaired) electrons. The van der Waals surface area contributed by atoms with E-state index in [0.29, 0.717) is 45.0 Å². The summed E-state index contributed by atoms with van der Waals surface area (Å²) in [6.07, 6.45) is 0. The van der Waals surface area contributed by atoms with Crippen LogP contribution < -0.4 is 10.2 Å². The highest BCUT2D eigenvalue weighted by Crippen LogP contribution is 2.21. The van der Waals surface area contributed by atoms with Crippen LogP contribution in [0.3, 0.4) is 0 Å². The predicted molar refractivity (Wildman–Crippen MR) is 124 cm³/mol. The molecule has 0 saturated carbocycles. The largest absolute Gasteiger partial charge is 0.383 e. The van der Waals surface area contributed by atoms with Crippen molar-refractivity contribution in [3.63, 3.8) is 0 Å².